The third kappa shape index (κ3) is 6.10. The monoisotopic (exact) mass is 503 g/mol. The number of benzene rings is 2. The molecule has 36 heavy (non-hydrogen) atoms. The average molecular weight is 504 g/mol. The van der Waals surface area contributed by atoms with Gasteiger partial charge in [0.25, 0.3) is 0 Å². The van der Waals surface area contributed by atoms with Crippen LogP contribution in [0.25, 0.3) is 10.2 Å². The van der Waals surface area contributed by atoms with Gasteiger partial charge in [-0.2, -0.15) is 0 Å². The Kier molecular flexibility index (Phi) is 9.19. The molecule has 7 heteroatoms. The number of carbonyl (C=O) groups excluding carboxylic acids is 2. The van der Waals surface area contributed by atoms with Crippen molar-refractivity contribution in [2.45, 2.75) is 47.5 Å². The molecule has 0 radical (unpaired) electrons. The fourth-order valence-electron chi connectivity index (χ4n) is 3.55. The van der Waals surface area contributed by atoms with Crippen LogP contribution in [0.5, 0.6) is 11.5 Å². The van der Waals surface area contributed by atoms with Crippen molar-refractivity contribution in [3.63, 3.8) is 0 Å². The highest BCUT2D eigenvalue weighted by molar-refractivity contribution is 7.19. The Hall–Kier alpha value is -3.71. The number of nitrogens with one attached hydrogen (secondary N) is 2. The fourth-order valence-corrected chi connectivity index (χ4v) is 4.47. The summed E-state index contributed by atoms with van der Waals surface area (Å²) in [4.78, 5) is 31.1. The molecule has 0 unspecified atom stereocenters. The third-order valence-corrected chi connectivity index (χ3v) is 6.54. The van der Waals surface area contributed by atoms with E-state index in [1.54, 1.807) is 53.9 Å². The predicted molar refractivity (Wildman–Crippen MR) is 149 cm³/mol. The SMILES string of the molecule is CC.CC.Cc1cc2nccc(Oc3ccc(NC(=O)C4(C(=O)Nc5ccccc5)CC4)cc3)c2s1. The number of pyridine rings is 1. The Labute approximate surface area is 216 Å². The van der Waals surface area contributed by atoms with E-state index in [1.807, 2.05) is 65.0 Å². The van der Waals surface area contributed by atoms with E-state index in [0.717, 1.165) is 16.0 Å². The van der Waals surface area contributed by atoms with E-state index in [2.05, 4.69) is 15.6 Å². The molecule has 0 aliphatic heterocycles. The van der Waals surface area contributed by atoms with Crippen LogP contribution in [0.1, 0.15) is 45.4 Å². The van der Waals surface area contributed by atoms with Crippen molar-refractivity contribution < 1.29 is 14.3 Å². The van der Waals surface area contributed by atoms with Crippen LogP contribution in [0.3, 0.4) is 0 Å². The number of anilines is 2. The van der Waals surface area contributed by atoms with Crippen molar-refractivity contribution in [2.24, 2.45) is 5.41 Å². The van der Waals surface area contributed by atoms with Gasteiger partial charge in [0, 0.05) is 28.5 Å². The van der Waals surface area contributed by atoms with Crippen LogP contribution in [0, 0.1) is 12.3 Å². The molecule has 1 aliphatic rings. The second-order valence-electron chi connectivity index (χ2n) is 7.86. The quantitative estimate of drug-likeness (QED) is 0.263. The van der Waals surface area contributed by atoms with Gasteiger partial charge in [0.05, 0.1) is 10.2 Å². The van der Waals surface area contributed by atoms with Crippen LogP contribution in [0.15, 0.2) is 72.9 Å². The normalized spacial score (nSPS) is 12.8. The van der Waals surface area contributed by atoms with E-state index < -0.39 is 5.41 Å². The minimum Gasteiger partial charge on any atom is -0.456 e. The highest BCUT2D eigenvalue weighted by Gasteiger charge is 2.56. The molecule has 6 nitrogen and oxygen atoms in total. The van der Waals surface area contributed by atoms with E-state index >= 15 is 0 Å². The molecule has 188 valence electrons. The van der Waals surface area contributed by atoms with E-state index in [1.165, 1.54) is 4.88 Å². The van der Waals surface area contributed by atoms with Crippen molar-refractivity contribution in [2.75, 3.05) is 10.6 Å². The van der Waals surface area contributed by atoms with Crippen molar-refractivity contribution >= 4 is 44.7 Å². The maximum atomic E-state index is 12.8. The molecule has 1 fully saturated rings. The zero-order valence-corrected chi connectivity index (χ0v) is 22.2. The van der Waals surface area contributed by atoms with Crippen LogP contribution >= 0.6 is 11.3 Å². The molecular weight excluding hydrogens is 470 g/mol. The molecule has 0 saturated heterocycles. The molecule has 2 amide bonds. The molecule has 0 spiro atoms. The van der Waals surface area contributed by atoms with Gasteiger partial charge in [0.15, 0.2) is 0 Å². The summed E-state index contributed by atoms with van der Waals surface area (Å²) in [5.74, 6) is 0.850. The number of aryl methyl sites for hydroxylation is 1. The van der Waals surface area contributed by atoms with Crippen molar-refractivity contribution in [3.05, 3.63) is 77.8 Å². The van der Waals surface area contributed by atoms with E-state index in [9.17, 15) is 9.59 Å². The van der Waals surface area contributed by atoms with Gasteiger partial charge >= 0.3 is 0 Å². The van der Waals surface area contributed by atoms with Crippen LogP contribution in [-0.2, 0) is 9.59 Å². The summed E-state index contributed by atoms with van der Waals surface area (Å²) in [6, 6.07) is 20.2. The van der Waals surface area contributed by atoms with Crippen molar-refractivity contribution in [3.8, 4) is 11.5 Å². The summed E-state index contributed by atoms with van der Waals surface area (Å²) in [6.07, 6.45) is 2.81. The fraction of sp³-hybridized carbons (Fsp3) is 0.276. The number of hydrogen-bond donors (Lipinski definition) is 2. The number of ether oxygens (including phenoxy) is 1. The number of aromatic nitrogens is 1. The second kappa shape index (κ2) is 12.3. The second-order valence-corrected chi connectivity index (χ2v) is 9.12. The number of thiophene rings is 1. The largest absolute Gasteiger partial charge is 0.456 e. The molecular formula is C29H33N3O3S. The van der Waals surface area contributed by atoms with Crippen LogP contribution < -0.4 is 15.4 Å². The molecule has 2 aromatic carbocycles. The van der Waals surface area contributed by atoms with Gasteiger partial charge in [-0.05, 0) is 62.2 Å². The maximum absolute atomic E-state index is 12.8. The van der Waals surface area contributed by atoms with Crippen LogP contribution in [0.2, 0.25) is 0 Å². The van der Waals surface area contributed by atoms with Crippen LogP contribution in [0.4, 0.5) is 11.4 Å². The number of para-hydroxylation sites is 1. The lowest BCUT2D eigenvalue weighted by Gasteiger charge is -2.16. The molecule has 0 atom stereocenters. The van der Waals surface area contributed by atoms with Gasteiger partial charge < -0.3 is 15.4 Å². The Morgan fingerprint density at radius 2 is 1.44 bits per heavy atom. The predicted octanol–water partition coefficient (Wildman–Crippen LogP) is 7.81. The Bertz CT molecular complexity index is 1300. The average Bonchev–Trinajstić information content (AvgIpc) is 3.64. The molecule has 2 N–H and O–H groups in total. The van der Waals surface area contributed by atoms with Gasteiger partial charge in [-0.1, -0.05) is 45.9 Å². The number of amides is 2. The first-order valence-corrected chi connectivity index (χ1v) is 13.2. The zero-order chi connectivity index (χ0) is 26.1. The minimum absolute atomic E-state index is 0.269. The maximum Gasteiger partial charge on any atom is 0.240 e. The minimum atomic E-state index is -1.01. The number of hydrogen-bond acceptors (Lipinski definition) is 5. The summed E-state index contributed by atoms with van der Waals surface area (Å²) in [6.45, 7) is 10.0. The van der Waals surface area contributed by atoms with E-state index in [-0.39, 0.29) is 11.8 Å². The van der Waals surface area contributed by atoms with E-state index in [0.29, 0.717) is 30.0 Å². The third-order valence-electron chi connectivity index (χ3n) is 5.49. The molecule has 5 rings (SSSR count). The molecule has 2 heterocycles. The first-order valence-electron chi connectivity index (χ1n) is 12.3. The van der Waals surface area contributed by atoms with Gasteiger partial charge in [0.2, 0.25) is 11.8 Å². The van der Waals surface area contributed by atoms with Crippen molar-refractivity contribution in [1.82, 2.24) is 4.98 Å². The molecule has 0 bridgehead atoms. The number of carbonyl (C=O) groups is 2. The molecule has 1 aliphatic carbocycles. The standard InChI is InChI=1S/C25H21N3O3S.2C2H6/c1-16-15-20-22(32-16)21(11-14-26-20)31-19-9-7-18(8-10-19)28-24(30)25(12-13-25)23(29)27-17-5-3-2-4-6-17;2*1-2/h2-11,14-15H,12-13H2,1H3,(H,27,29)(H,28,30);2*1-2H3. The highest BCUT2D eigenvalue weighted by atomic mass is 32.1. The first-order chi connectivity index (χ1) is 17.5. The lowest BCUT2D eigenvalue weighted by atomic mass is 10.0. The van der Waals surface area contributed by atoms with Crippen LogP contribution in [-0.4, -0.2) is 16.8 Å². The summed E-state index contributed by atoms with van der Waals surface area (Å²) < 4.78 is 7.05. The van der Waals surface area contributed by atoms with Gasteiger partial charge in [-0.3, -0.25) is 14.6 Å². The van der Waals surface area contributed by atoms with Gasteiger partial charge in [-0.25, -0.2) is 0 Å². The summed E-state index contributed by atoms with van der Waals surface area (Å²) in [7, 11) is 0. The molecule has 1 saturated carbocycles. The number of fused-ring (bicyclic) bond motifs is 1. The Morgan fingerprint density at radius 3 is 2.03 bits per heavy atom. The number of rotatable bonds is 6. The first kappa shape index (κ1) is 26.9. The number of nitrogens with zero attached hydrogens (tertiary/aromatic N) is 1. The molecule has 2 aromatic heterocycles. The molecule has 4 aromatic rings. The smallest absolute Gasteiger partial charge is 0.240 e. The summed E-state index contributed by atoms with van der Waals surface area (Å²) >= 11 is 1.64. The van der Waals surface area contributed by atoms with Crippen molar-refractivity contribution in [1.29, 1.82) is 0 Å². The Balaban J connectivity index is 0.000000861. The van der Waals surface area contributed by atoms with E-state index in [4.69, 9.17) is 4.74 Å². The lowest BCUT2D eigenvalue weighted by molar-refractivity contribution is -0.131. The lowest BCUT2D eigenvalue weighted by Crippen LogP contribution is -2.35. The Morgan fingerprint density at radius 1 is 0.861 bits per heavy atom. The van der Waals surface area contributed by atoms with Gasteiger partial charge in [-0.15, -0.1) is 11.3 Å². The summed E-state index contributed by atoms with van der Waals surface area (Å²) in [5, 5.41) is 5.71. The highest BCUT2D eigenvalue weighted by Crippen LogP contribution is 2.47. The van der Waals surface area contributed by atoms with Gasteiger partial charge in [0.1, 0.15) is 16.9 Å². The topological polar surface area (TPSA) is 80.3 Å². The zero-order valence-electron chi connectivity index (χ0n) is 21.4. The summed E-state index contributed by atoms with van der Waals surface area (Å²) in [5.41, 5.74) is 1.21.